The molecule has 0 amide bonds. The molecule has 6 heteroatoms. The number of nitrogens with zero attached hydrogens (tertiary/aromatic N) is 3. The highest BCUT2D eigenvalue weighted by atomic mass is 19.1. The van der Waals surface area contributed by atoms with Crippen molar-refractivity contribution in [3.05, 3.63) is 35.8 Å². The van der Waals surface area contributed by atoms with E-state index in [1.54, 1.807) is 16.8 Å². The van der Waals surface area contributed by atoms with Gasteiger partial charge in [-0.3, -0.25) is 0 Å². The topological polar surface area (TPSA) is 66.0 Å². The quantitative estimate of drug-likeness (QED) is 0.899. The van der Waals surface area contributed by atoms with Crippen LogP contribution in [0.3, 0.4) is 0 Å². The van der Waals surface area contributed by atoms with Crippen LogP contribution in [0, 0.1) is 5.82 Å². The largest absolute Gasteiger partial charge is 0.492 e. The van der Waals surface area contributed by atoms with Crippen LogP contribution in [0.2, 0.25) is 0 Å². The van der Waals surface area contributed by atoms with Crippen molar-refractivity contribution in [2.75, 3.05) is 12.3 Å². The first-order valence-corrected chi connectivity index (χ1v) is 6.15. The molecule has 0 saturated heterocycles. The second kappa shape index (κ2) is 5.69. The highest BCUT2D eigenvalue weighted by Gasteiger charge is 2.13. The number of anilines is 1. The molecule has 1 aromatic carbocycles. The van der Waals surface area contributed by atoms with E-state index < -0.39 is 0 Å². The van der Waals surface area contributed by atoms with Crippen molar-refractivity contribution in [2.24, 2.45) is 0 Å². The zero-order chi connectivity index (χ0) is 13.8. The van der Waals surface area contributed by atoms with E-state index in [0.29, 0.717) is 24.7 Å². The summed E-state index contributed by atoms with van der Waals surface area (Å²) in [7, 11) is 0. The Hall–Kier alpha value is -2.11. The molecule has 0 spiro atoms. The van der Waals surface area contributed by atoms with Crippen molar-refractivity contribution < 1.29 is 9.13 Å². The molecule has 102 valence electrons. The summed E-state index contributed by atoms with van der Waals surface area (Å²) in [6, 6.07) is 5.91. The lowest BCUT2D eigenvalue weighted by Gasteiger charge is -2.10. The van der Waals surface area contributed by atoms with Gasteiger partial charge >= 0.3 is 0 Å². The highest BCUT2D eigenvalue weighted by molar-refractivity contribution is 5.35. The molecule has 0 aliphatic rings. The second-order valence-electron chi connectivity index (χ2n) is 4.54. The summed E-state index contributed by atoms with van der Waals surface area (Å²) in [5, 5.41) is 7.84. The standard InChI is InChI=1S/C13H17FN4O/c1-9(2)12-13(15)16-17-18(12)7-8-19-11-5-3-10(14)4-6-11/h3-6,9H,7-8,15H2,1-2H3. The van der Waals surface area contributed by atoms with Gasteiger partial charge in [-0.2, -0.15) is 0 Å². The van der Waals surface area contributed by atoms with Crippen LogP contribution in [0.1, 0.15) is 25.5 Å². The number of hydrogen-bond donors (Lipinski definition) is 1. The van der Waals surface area contributed by atoms with Gasteiger partial charge in [0.05, 0.1) is 12.2 Å². The van der Waals surface area contributed by atoms with Crippen molar-refractivity contribution in [1.29, 1.82) is 0 Å². The third-order valence-electron chi connectivity index (χ3n) is 2.73. The van der Waals surface area contributed by atoms with Gasteiger partial charge in [0.25, 0.3) is 0 Å². The summed E-state index contributed by atoms with van der Waals surface area (Å²) in [5.74, 6) is 1.05. The number of benzene rings is 1. The first-order chi connectivity index (χ1) is 9.08. The number of hydrogen-bond acceptors (Lipinski definition) is 4. The molecular formula is C13H17FN4O. The van der Waals surface area contributed by atoms with Gasteiger partial charge in [-0.25, -0.2) is 9.07 Å². The van der Waals surface area contributed by atoms with Crippen LogP contribution < -0.4 is 10.5 Å². The van der Waals surface area contributed by atoms with E-state index in [4.69, 9.17) is 10.5 Å². The van der Waals surface area contributed by atoms with Crippen LogP contribution >= 0.6 is 0 Å². The highest BCUT2D eigenvalue weighted by Crippen LogP contribution is 2.19. The summed E-state index contributed by atoms with van der Waals surface area (Å²) in [6.45, 7) is 5.04. The number of aromatic nitrogens is 3. The Morgan fingerprint density at radius 3 is 2.63 bits per heavy atom. The van der Waals surface area contributed by atoms with Crippen LogP contribution in [0.4, 0.5) is 10.2 Å². The number of nitrogens with two attached hydrogens (primary N) is 1. The van der Waals surface area contributed by atoms with Gasteiger partial charge in [0, 0.05) is 0 Å². The van der Waals surface area contributed by atoms with E-state index in [1.165, 1.54) is 12.1 Å². The van der Waals surface area contributed by atoms with E-state index in [2.05, 4.69) is 10.3 Å². The van der Waals surface area contributed by atoms with E-state index in [0.717, 1.165) is 5.69 Å². The van der Waals surface area contributed by atoms with Crippen molar-refractivity contribution in [1.82, 2.24) is 15.0 Å². The fourth-order valence-electron chi connectivity index (χ4n) is 1.87. The third-order valence-corrected chi connectivity index (χ3v) is 2.73. The van der Waals surface area contributed by atoms with E-state index >= 15 is 0 Å². The lowest BCUT2D eigenvalue weighted by molar-refractivity contribution is 0.286. The van der Waals surface area contributed by atoms with Crippen molar-refractivity contribution in [3.8, 4) is 5.75 Å². The zero-order valence-electron chi connectivity index (χ0n) is 11.0. The van der Waals surface area contributed by atoms with Crippen LogP contribution in [-0.4, -0.2) is 21.6 Å². The van der Waals surface area contributed by atoms with Gasteiger partial charge in [-0.05, 0) is 30.2 Å². The molecule has 0 saturated carbocycles. The normalized spacial score (nSPS) is 10.9. The summed E-state index contributed by atoms with van der Waals surface area (Å²) in [6.07, 6.45) is 0. The third kappa shape index (κ3) is 3.21. The molecule has 19 heavy (non-hydrogen) atoms. The summed E-state index contributed by atoms with van der Waals surface area (Å²) in [4.78, 5) is 0. The van der Waals surface area contributed by atoms with Crippen molar-refractivity contribution >= 4 is 5.82 Å². The summed E-state index contributed by atoms with van der Waals surface area (Å²) in [5.41, 5.74) is 6.67. The van der Waals surface area contributed by atoms with E-state index in [-0.39, 0.29) is 11.7 Å². The smallest absolute Gasteiger partial charge is 0.169 e. The van der Waals surface area contributed by atoms with Crippen LogP contribution in [0.15, 0.2) is 24.3 Å². The molecule has 2 rings (SSSR count). The molecular weight excluding hydrogens is 247 g/mol. The molecule has 0 unspecified atom stereocenters. The maximum absolute atomic E-state index is 12.7. The van der Waals surface area contributed by atoms with Crippen molar-refractivity contribution in [2.45, 2.75) is 26.3 Å². The van der Waals surface area contributed by atoms with Gasteiger partial charge in [-0.15, -0.1) is 5.10 Å². The average molecular weight is 264 g/mol. The maximum atomic E-state index is 12.7. The maximum Gasteiger partial charge on any atom is 0.169 e. The number of nitrogen functional groups attached to an aromatic ring is 1. The van der Waals surface area contributed by atoms with Crippen LogP contribution in [-0.2, 0) is 6.54 Å². The molecule has 0 aliphatic heterocycles. The molecule has 0 fully saturated rings. The Kier molecular flexibility index (Phi) is 3.99. The Morgan fingerprint density at radius 2 is 2.00 bits per heavy atom. The van der Waals surface area contributed by atoms with Crippen LogP contribution in [0.25, 0.3) is 0 Å². The van der Waals surface area contributed by atoms with Crippen molar-refractivity contribution in [3.63, 3.8) is 0 Å². The molecule has 2 aromatic rings. The molecule has 0 aliphatic carbocycles. The monoisotopic (exact) mass is 264 g/mol. The molecule has 0 atom stereocenters. The Labute approximate surface area is 111 Å². The predicted molar refractivity (Wildman–Crippen MR) is 70.4 cm³/mol. The first-order valence-electron chi connectivity index (χ1n) is 6.15. The predicted octanol–water partition coefficient (Wildman–Crippen LogP) is 2.20. The Balaban J connectivity index is 1.94. The second-order valence-corrected chi connectivity index (χ2v) is 4.54. The Bertz CT molecular complexity index is 536. The average Bonchev–Trinajstić information content (AvgIpc) is 2.73. The Morgan fingerprint density at radius 1 is 1.32 bits per heavy atom. The molecule has 1 aromatic heterocycles. The fraction of sp³-hybridized carbons (Fsp3) is 0.385. The number of halogens is 1. The molecule has 2 N–H and O–H groups in total. The first kappa shape index (κ1) is 13.3. The zero-order valence-corrected chi connectivity index (χ0v) is 11.0. The minimum Gasteiger partial charge on any atom is -0.492 e. The van der Waals surface area contributed by atoms with E-state index in [9.17, 15) is 4.39 Å². The van der Waals surface area contributed by atoms with Gasteiger partial charge in [-0.1, -0.05) is 19.1 Å². The lowest BCUT2D eigenvalue weighted by Crippen LogP contribution is -2.13. The van der Waals surface area contributed by atoms with E-state index in [1.807, 2.05) is 13.8 Å². The molecule has 0 bridgehead atoms. The number of rotatable bonds is 5. The minimum absolute atomic E-state index is 0.251. The van der Waals surface area contributed by atoms with Gasteiger partial charge in [0.2, 0.25) is 0 Å². The lowest BCUT2D eigenvalue weighted by atomic mass is 10.1. The summed E-state index contributed by atoms with van der Waals surface area (Å²) < 4.78 is 20.0. The minimum atomic E-state index is -0.279. The van der Waals surface area contributed by atoms with Gasteiger partial charge in [0.15, 0.2) is 5.82 Å². The SMILES string of the molecule is CC(C)c1c(N)nnn1CCOc1ccc(F)cc1. The number of ether oxygens (including phenoxy) is 1. The van der Waals surface area contributed by atoms with Crippen LogP contribution in [0.5, 0.6) is 5.75 Å². The fourth-order valence-corrected chi connectivity index (χ4v) is 1.87. The van der Waals surface area contributed by atoms with Gasteiger partial charge in [0.1, 0.15) is 18.2 Å². The molecule has 1 heterocycles. The molecule has 0 radical (unpaired) electrons. The summed E-state index contributed by atoms with van der Waals surface area (Å²) >= 11 is 0. The molecule has 5 nitrogen and oxygen atoms in total. The van der Waals surface area contributed by atoms with Gasteiger partial charge < -0.3 is 10.5 Å².